The molecule has 35 heavy (non-hydrogen) atoms. The molecule has 1 atom stereocenters. The van der Waals surface area contributed by atoms with Crippen LogP contribution in [0.5, 0.6) is 17.2 Å². The Bertz CT molecular complexity index is 901. The van der Waals surface area contributed by atoms with Gasteiger partial charge in [0.25, 0.3) is 0 Å². The zero-order chi connectivity index (χ0) is 25.5. The molecule has 2 aromatic carbocycles. The Morgan fingerprint density at radius 1 is 0.943 bits per heavy atom. The van der Waals surface area contributed by atoms with Crippen LogP contribution >= 0.6 is 0 Å². The van der Waals surface area contributed by atoms with Crippen LogP contribution in [0.4, 0.5) is 4.79 Å². The number of carbonyl (C=O) groups excluding carboxylic acids is 1. The Morgan fingerprint density at radius 3 is 2.29 bits per heavy atom. The van der Waals surface area contributed by atoms with Gasteiger partial charge < -0.3 is 29.0 Å². The van der Waals surface area contributed by atoms with Gasteiger partial charge >= 0.3 is 12.1 Å². The summed E-state index contributed by atoms with van der Waals surface area (Å²) in [4.78, 5) is 25.8. The third-order valence-corrected chi connectivity index (χ3v) is 5.42. The average molecular weight is 488 g/mol. The monoisotopic (exact) mass is 487 g/mol. The van der Waals surface area contributed by atoms with Crippen LogP contribution in [0, 0.1) is 0 Å². The fourth-order valence-corrected chi connectivity index (χ4v) is 3.51. The highest BCUT2D eigenvalue weighted by Crippen LogP contribution is 2.26. The number of ether oxygens (including phenoxy) is 4. The maximum atomic E-state index is 12.9. The molecular weight excluding hydrogens is 450 g/mol. The van der Waals surface area contributed by atoms with E-state index in [0.29, 0.717) is 43.6 Å². The number of amides is 1. The first-order valence-corrected chi connectivity index (χ1v) is 12.1. The highest BCUT2D eigenvalue weighted by Gasteiger charge is 2.19. The summed E-state index contributed by atoms with van der Waals surface area (Å²) < 4.78 is 22.0. The first kappa shape index (κ1) is 28.0. The van der Waals surface area contributed by atoms with E-state index < -0.39 is 18.2 Å². The summed E-state index contributed by atoms with van der Waals surface area (Å²) in [5.41, 5.74) is 0.844. The summed E-state index contributed by atoms with van der Waals surface area (Å²) in [5, 5.41) is 9.25. The van der Waals surface area contributed by atoms with Crippen molar-refractivity contribution in [2.24, 2.45) is 0 Å². The molecule has 1 N–H and O–H groups in total. The maximum absolute atomic E-state index is 12.9. The summed E-state index contributed by atoms with van der Waals surface area (Å²) in [6.45, 7) is 5.49. The Balaban J connectivity index is 1.93. The van der Waals surface area contributed by atoms with Crippen molar-refractivity contribution in [3.8, 4) is 17.2 Å². The van der Waals surface area contributed by atoms with Crippen molar-refractivity contribution in [2.75, 3.05) is 33.4 Å². The molecule has 2 rings (SSSR count). The Hall–Kier alpha value is -3.26. The lowest BCUT2D eigenvalue weighted by molar-refractivity contribution is -0.149. The van der Waals surface area contributed by atoms with Gasteiger partial charge in [0, 0.05) is 19.6 Å². The van der Waals surface area contributed by atoms with E-state index in [2.05, 4.69) is 6.92 Å². The van der Waals surface area contributed by atoms with E-state index in [9.17, 15) is 14.7 Å². The molecule has 0 aliphatic heterocycles. The molecule has 0 aliphatic carbocycles. The zero-order valence-electron chi connectivity index (χ0n) is 20.9. The molecule has 0 radical (unpaired) electrons. The minimum atomic E-state index is -0.980. The predicted octanol–water partition coefficient (Wildman–Crippen LogP) is 5.19. The largest absolute Gasteiger partial charge is 0.493 e. The molecule has 0 aliphatic rings. The molecule has 192 valence electrons. The summed E-state index contributed by atoms with van der Waals surface area (Å²) in [6.07, 6.45) is 3.11. The molecule has 0 fully saturated rings. The third kappa shape index (κ3) is 9.86. The first-order chi connectivity index (χ1) is 17.0. The van der Waals surface area contributed by atoms with Crippen LogP contribution in [0.1, 0.15) is 45.1 Å². The van der Waals surface area contributed by atoms with Crippen molar-refractivity contribution in [1.82, 2.24) is 4.90 Å². The minimum Gasteiger partial charge on any atom is -0.493 e. The van der Waals surface area contributed by atoms with Crippen LogP contribution in [0.25, 0.3) is 0 Å². The van der Waals surface area contributed by atoms with Gasteiger partial charge in [-0.05, 0) is 43.2 Å². The predicted molar refractivity (Wildman–Crippen MR) is 133 cm³/mol. The van der Waals surface area contributed by atoms with E-state index in [1.54, 1.807) is 42.2 Å². The maximum Gasteiger partial charge on any atom is 0.415 e. The number of nitrogens with zero attached hydrogens (tertiary/aromatic N) is 1. The minimum absolute atomic E-state index is 0.282. The van der Waals surface area contributed by atoms with Gasteiger partial charge in [0.05, 0.1) is 13.7 Å². The molecule has 8 heteroatoms. The Morgan fingerprint density at radius 2 is 1.66 bits per heavy atom. The van der Waals surface area contributed by atoms with E-state index in [1.807, 2.05) is 18.2 Å². The van der Waals surface area contributed by atoms with Crippen molar-refractivity contribution in [2.45, 2.75) is 52.1 Å². The SMILES string of the molecule is CCCCCCN(CCOc1ccc(CC(OCC)C(=O)O)cc1)C(=O)Oc1ccccc1OC. The molecule has 2 aromatic rings. The summed E-state index contributed by atoms with van der Waals surface area (Å²) in [6, 6.07) is 14.3. The van der Waals surface area contributed by atoms with Crippen molar-refractivity contribution < 1.29 is 33.6 Å². The third-order valence-electron chi connectivity index (χ3n) is 5.42. The van der Waals surface area contributed by atoms with Crippen LogP contribution < -0.4 is 14.2 Å². The smallest absolute Gasteiger partial charge is 0.415 e. The van der Waals surface area contributed by atoms with Crippen LogP contribution in [0.2, 0.25) is 0 Å². The van der Waals surface area contributed by atoms with Gasteiger partial charge in [0.15, 0.2) is 17.6 Å². The molecule has 8 nitrogen and oxygen atoms in total. The van der Waals surface area contributed by atoms with Crippen molar-refractivity contribution in [3.05, 3.63) is 54.1 Å². The van der Waals surface area contributed by atoms with E-state index in [4.69, 9.17) is 18.9 Å². The lowest BCUT2D eigenvalue weighted by Gasteiger charge is -2.22. The number of carboxylic acids is 1. The van der Waals surface area contributed by atoms with Gasteiger partial charge in [-0.25, -0.2) is 9.59 Å². The molecule has 0 aromatic heterocycles. The molecule has 0 bridgehead atoms. The highest BCUT2D eigenvalue weighted by molar-refractivity contribution is 5.73. The van der Waals surface area contributed by atoms with Crippen molar-refractivity contribution in [3.63, 3.8) is 0 Å². The van der Waals surface area contributed by atoms with Gasteiger partial charge in [-0.15, -0.1) is 0 Å². The van der Waals surface area contributed by atoms with E-state index in [1.165, 1.54) is 7.11 Å². The fourth-order valence-electron chi connectivity index (χ4n) is 3.51. The van der Waals surface area contributed by atoms with Crippen LogP contribution in [-0.4, -0.2) is 61.6 Å². The van der Waals surface area contributed by atoms with Gasteiger partial charge in [0.2, 0.25) is 0 Å². The van der Waals surface area contributed by atoms with Crippen LogP contribution in [0.3, 0.4) is 0 Å². The summed E-state index contributed by atoms with van der Waals surface area (Å²) in [5.74, 6) is 0.534. The van der Waals surface area contributed by atoms with Crippen LogP contribution in [-0.2, 0) is 16.0 Å². The summed E-state index contributed by atoms with van der Waals surface area (Å²) >= 11 is 0. The first-order valence-electron chi connectivity index (χ1n) is 12.1. The number of hydrogen-bond donors (Lipinski definition) is 1. The molecule has 0 heterocycles. The lowest BCUT2D eigenvalue weighted by Crippen LogP contribution is -2.37. The summed E-state index contributed by atoms with van der Waals surface area (Å²) in [7, 11) is 1.53. The van der Waals surface area contributed by atoms with Gasteiger partial charge in [0.1, 0.15) is 12.4 Å². The van der Waals surface area contributed by atoms with Gasteiger partial charge in [-0.1, -0.05) is 50.5 Å². The number of methoxy groups -OCH3 is 1. The number of hydrogen-bond acceptors (Lipinski definition) is 6. The number of carbonyl (C=O) groups is 2. The number of rotatable bonds is 16. The van der Waals surface area contributed by atoms with E-state index in [0.717, 1.165) is 31.2 Å². The van der Waals surface area contributed by atoms with E-state index in [-0.39, 0.29) is 6.42 Å². The number of unbranched alkanes of at least 4 members (excludes halogenated alkanes) is 3. The van der Waals surface area contributed by atoms with E-state index >= 15 is 0 Å². The Labute approximate surface area is 207 Å². The number of benzene rings is 2. The molecule has 0 saturated heterocycles. The van der Waals surface area contributed by atoms with Crippen LogP contribution in [0.15, 0.2) is 48.5 Å². The fraction of sp³-hybridized carbons (Fsp3) is 0.481. The molecule has 1 amide bonds. The van der Waals surface area contributed by atoms with Crippen molar-refractivity contribution >= 4 is 12.1 Å². The standard InChI is InChI=1S/C27H37NO7/c1-4-6-7-10-17-28(27(31)35-24-12-9-8-11-23(24)32-3)18-19-34-22-15-13-21(14-16-22)20-25(26(29)30)33-5-2/h8-9,11-16,25H,4-7,10,17-20H2,1-3H3,(H,29,30). The normalized spacial score (nSPS) is 11.5. The number of aliphatic carboxylic acids is 1. The lowest BCUT2D eigenvalue weighted by atomic mass is 10.1. The highest BCUT2D eigenvalue weighted by atomic mass is 16.6. The zero-order valence-corrected chi connectivity index (χ0v) is 20.9. The second-order valence-electron chi connectivity index (χ2n) is 8.05. The average Bonchev–Trinajstić information content (AvgIpc) is 2.86. The second kappa shape index (κ2) is 15.6. The Kier molecular flexibility index (Phi) is 12.5. The topological polar surface area (TPSA) is 94.5 Å². The molecular formula is C27H37NO7. The number of para-hydroxylation sites is 2. The molecule has 0 saturated carbocycles. The number of carboxylic acid groups (broad SMARTS) is 1. The van der Waals surface area contributed by atoms with Gasteiger partial charge in [-0.3, -0.25) is 0 Å². The second-order valence-corrected chi connectivity index (χ2v) is 8.05. The quantitative estimate of drug-likeness (QED) is 0.326. The molecule has 1 unspecified atom stereocenters. The van der Waals surface area contributed by atoms with Crippen molar-refractivity contribution in [1.29, 1.82) is 0 Å². The molecule has 0 spiro atoms. The van der Waals surface area contributed by atoms with Gasteiger partial charge in [-0.2, -0.15) is 0 Å².